The molecular weight excluding hydrogens is 234 g/mol. The predicted molar refractivity (Wildman–Crippen MR) is 67.4 cm³/mol. The first kappa shape index (κ1) is 10.3. The van der Waals surface area contributed by atoms with Gasteiger partial charge in [-0.25, -0.2) is 0 Å². The van der Waals surface area contributed by atoms with Gasteiger partial charge in [-0.1, -0.05) is 0 Å². The summed E-state index contributed by atoms with van der Waals surface area (Å²) in [5, 5.41) is 0. The second-order valence-electron chi connectivity index (χ2n) is 3.88. The maximum Gasteiger partial charge on any atom is 0.178 e. The van der Waals surface area contributed by atoms with Crippen LogP contribution in [-0.2, 0) is 0 Å². The SMILES string of the molecule is CC(c1ccco1)n1c(=S)[nH]c2cnccc21. The van der Waals surface area contributed by atoms with Gasteiger partial charge < -0.3 is 14.0 Å². The van der Waals surface area contributed by atoms with Crippen LogP contribution in [0.1, 0.15) is 18.7 Å². The van der Waals surface area contributed by atoms with Crippen molar-refractivity contribution in [2.24, 2.45) is 0 Å². The Labute approximate surface area is 103 Å². The molecule has 86 valence electrons. The van der Waals surface area contributed by atoms with Crippen molar-refractivity contribution in [3.05, 3.63) is 47.4 Å². The molecule has 0 spiro atoms. The van der Waals surface area contributed by atoms with E-state index in [4.69, 9.17) is 16.6 Å². The Hall–Kier alpha value is -1.88. The van der Waals surface area contributed by atoms with Crippen molar-refractivity contribution in [1.29, 1.82) is 0 Å². The first-order valence-electron chi connectivity index (χ1n) is 5.35. The summed E-state index contributed by atoms with van der Waals surface area (Å²) >= 11 is 5.34. The lowest BCUT2D eigenvalue weighted by Gasteiger charge is -2.11. The van der Waals surface area contributed by atoms with Gasteiger partial charge in [0.05, 0.1) is 29.5 Å². The third-order valence-electron chi connectivity index (χ3n) is 2.86. The van der Waals surface area contributed by atoms with Crippen molar-refractivity contribution in [3.8, 4) is 0 Å². The fourth-order valence-corrected chi connectivity index (χ4v) is 2.39. The maximum atomic E-state index is 5.43. The van der Waals surface area contributed by atoms with Crippen LogP contribution < -0.4 is 0 Å². The van der Waals surface area contributed by atoms with Crippen LogP contribution in [0.5, 0.6) is 0 Å². The summed E-state index contributed by atoms with van der Waals surface area (Å²) in [6.45, 7) is 2.06. The van der Waals surface area contributed by atoms with Crippen molar-refractivity contribution in [3.63, 3.8) is 0 Å². The van der Waals surface area contributed by atoms with Gasteiger partial charge in [-0.15, -0.1) is 0 Å². The molecule has 0 fully saturated rings. The normalized spacial score (nSPS) is 13.0. The van der Waals surface area contributed by atoms with Crippen molar-refractivity contribution in [2.45, 2.75) is 13.0 Å². The van der Waals surface area contributed by atoms with Crippen LogP contribution in [0.25, 0.3) is 11.0 Å². The minimum Gasteiger partial charge on any atom is -0.467 e. The topological polar surface area (TPSA) is 46.8 Å². The Morgan fingerprint density at radius 2 is 2.35 bits per heavy atom. The van der Waals surface area contributed by atoms with E-state index in [1.165, 1.54) is 0 Å². The highest BCUT2D eigenvalue weighted by Gasteiger charge is 2.14. The Balaban J connectivity index is 2.23. The number of imidazole rings is 1. The van der Waals surface area contributed by atoms with Gasteiger partial charge in [0.15, 0.2) is 4.77 Å². The highest BCUT2D eigenvalue weighted by Crippen LogP contribution is 2.23. The van der Waals surface area contributed by atoms with E-state index in [-0.39, 0.29) is 6.04 Å². The minimum absolute atomic E-state index is 0.0636. The number of aromatic nitrogens is 3. The Bertz CT molecular complexity index is 696. The zero-order valence-electron chi connectivity index (χ0n) is 9.25. The van der Waals surface area contributed by atoms with Crippen molar-refractivity contribution < 1.29 is 4.42 Å². The Morgan fingerprint density at radius 3 is 3.12 bits per heavy atom. The van der Waals surface area contributed by atoms with E-state index in [1.807, 2.05) is 22.8 Å². The van der Waals surface area contributed by atoms with Gasteiger partial charge in [0.25, 0.3) is 0 Å². The van der Waals surface area contributed by atoms with Gasteiger partial charge in [-0.2, -0.15) is 0 Å². The van der Waals surface area contributed by atoms with Crippen LogP contribution in [0.3, 0.4) is 0 Å². The highest BCUT2D eigenvalue weighted by atomic mass is 32.1. The molecule has 0 aromatic carbocycles. The number of fused-ring (bicyclic) bond motifs is 1. The van der Waals surface area contributed by atoms with Crippen LogP contribution in [0.4, 0.5) is 0 Å². The Kier molecular flexibility index (Phi) is 2.33. The number of hydrogen-bond acceptors (Lipinski definition) is 3. The summed E-state index contributed by atoms with van der Waals surface area (Å²) in [6.07, 6.45) is 5.21. The van der Waals surface area contributed by atoms with E-state index in [0.29, 0.717) is 4.77 Å². The van der Waals surface area contributed by atoms with E-state index in [2.05, 4.69) is 16.9 Å². The molecule has 1 unspecified atom stereocenters. The minimum atomic E-state index is 0.0636. The molecule has 0 bridgehead atoms. The standard InChI is InChI=1S/C12H11N3OS/c1-8(11-3-2-6-16-11)15-10-4-5-13-7-9(10)14-12(15)17/h2-8H,1H3,(H,14,17). The van der Waals surface area contributed by atoms with E-state index >= 15 is 0 Å². The molecule has 1 atom stereocenters. The van der Waals surface area contributed by atoms with E-state index in [1.54, 1.807) is 18.7 Å². The molecule has 4 nitrogen and oxygen atoms in total. The molecule has 3 rings (SSSR count). The predicted octanol–water partition coefficient (Wildman–Crippen LogP) is 3.30. The van der Waals surface area contributed by atoms with Crippen LogP contribution >= 0.6 is 12.2 Å². The van der Waals surface area contributed by atoms with Crippen molar-refractivity contribution >= 4 is 23.3 Å². The van der Waals surface area contributed by atoms with Crippen molar-refractivity contribution in [2.75, 3.05) is 0 Å². The van der Waals surface area contributed by atoms with Gasteiger partial charge in [0, 0.05) is 6.20 Å². The average Bonchev–Trinajstić information content (AvgIpc) is 2.94. The molecule has 17 heavy (non-hydrogen) atoms. The molecule has 3 aromatic heterocycles. The molecule has 3 heterocycles. The number of hydrogen-bond donors (Lipinski definition) is 1. The summed E-state index contributed by atoms with van der Waals surface area (Å²) in [7, 11) is 0. The zero-order valence-corrected chi connectivity index (χ0v) is 10.1. The fraction of sp³-hybridized carbons (Fsp3) is 0.167. The van der Waals surface area contributed by atoms with Gasteiger partial charge in [0.2, 0.25) is 0 Å². The van der Waals surface area contributed by atoms with E-state index < -0.39 is 0 Å². The smallest absolute Gasteiger partial charge is 0.178 e. The van der Waals surface area contributed by atoms with Crippen LogP contribution in [0.15, 0.2) is 41.3 Å². The third-order valence-corrected chi connectivity index (χ3v) is 3.16. The number of furan rings is 1. The van der Waals surface area contributed by atoms with Gasteiger partial charge >= 0.3 is 0 Å². The lowest BCUT2D eigenvalue weighted by Crippen LogP contribution is -2.05. The van der Waals surface area contributed by atoms with Gasteiger partial charge in [-0.05, 0) is 37.3 Å². The van der Waals surface area contributed by atoms with Gasteiger partial charge in [-0.3, -0.25) is 4.98 Å². The number of H-pyrrole nitrogens is 1. The summed E-state index contributed by atoms with van der Waals surface area (Å²) < 4.78 is 8.14. The number of nitrogens with zero attached hydrogens (tertiary/aromatic N) is 2. The monoisotopic (exact) mass is 245 g/mol. The maximum absolute atomic E-state index is 5.43. The first-order valence-corrected chi connectivity index (χ1v) is 5.76. The van der Waals surface area contributed by atoms with Crippen LogP contribution in [0.2, 0.25) is 0 Å². The largest absolute Gasteiger partial charge is 0.467 e. The molecule has 0 aliphatic rings. The fourth-order valence-electron chi connectivity index (χ4n) is 2.02. The zero-order chi connectivity index (χ0) is 11.8. The van der Waals surface area contributed by atoms with Crippen LogP contribution in [0, 0.1) is 4.77 Å². The van der Waals surface area contributed by atoms with E-state index in [0.717, 1.165) is 16.8 Å². The lowest BCUT2D eigenvalue weighted by atomic mass is 10.2. The average molecular weight is 245 g/mol. The number of pyridine rings is 1. The molecule has 5 heteroatoms. The quantitative estimate of drug-likeness (QED) is 0.705. The summed E-state index contributed by atoms with van der Waals surface area (Å²) in [4.78, 5) is 7.22. The Morgan fingerprint density at radius 1 is 1.47 bits per heavy atom. The molecule has 3 aromatic rings. The molecule has 0 radical (unpaired) electrons. The molecule has 0 saturated carbocycles. The second-order valence-corrected chi connectivity index (χ2v) is 4.27. The lowest BCUT2D eigenvalue weighted by molar-refractivity contribution is 0.449. The summed E-state index contributed by atoms with van der Waals surface area (Å²) in [5.74, 6) is 0.888. The summed E-state index contributed by atoms with van der Waals surface area (Å²) in [6, 6.07) is 5.84. The molecular formula is C12H11N3OS. The molecule has 0 aliphatic heterocycles. The molecule has 0 saturated heterocycles. The molecule has 0 aliphatic carbocycles. The summed E-state index contributed by atoms with van der Waals surface area (Å²) in [5.41, 5.74) is 1.98. The second kappa shape index (κ2) is 3.85. The first-order chi connectivity index (χ1) is 8.27. The van der Waals surface area contributed by atoms with Gasteiger partial charge in [0.1, 0.15) is 5.76 Å². The van der Waals surface area contributed by atoms with Crippen molar-refractivity contribution in [1.82, 2.24) is 14.5 Å². The molecule has 0 amide bonds. The number of nitrogens with one attached hydrogen (secondary N) is 1. The highest BCUT2D eigenvalue weighted by molar-refractivity contribution is 7.71. The van der Waals surface area contributed by atoms with Crippen LogP contribution in [-0.4, -0.2) is 14.5 Å². The van der Waals surface area contributed by atoms with E-state index in [9.17, 15) is 0 Å². The number of rotatable bonds is 2. The molecule has 1 N–H and O–H groups in total. The third kappa shape index (κ3) is 1.59. The number of aromatic amines is 1.